The third-order valence-corrected chi connectivity index (χ3v) is 2.99. The quantitative estimate of drug-likeness (QED) is 0.907. The van der Waals surface area contributed by atoms with E-state index < -0.39 is 11.6 Å². The summed E-state index contributed by atoms with van der Waals surface area (Å²) in [6.07, 6.45) is 0. The van der Waals surface area contributed by atoms with Crippen molar-refractivity contribution in [2.75, 3.05) is 7.05 Å². The average molecular weight is 251 g/mol. The second kappa shape index (κ2) is 4.86. The molecule has 0 aliphatic heterocycles. The smallest absolute Gasteiger partial charge is 0.132 e. The molecule has 0 unspecified atom stereocenters. The molecule has 5 heteroatoms. The van der Waals surface area contributed by atoms with Crippen molar-refractivity contribution >= 4 is 0 Å². The number of nitrogens with zero attached hydrogens (tertiary/aromatic N) is 2. The van der Waals surface area contributed by atoms with Crippen molar-refractivity contribution in [1.82, 2.24) is 14.9 Å². The van der Waals surface area contributed by atoms with Gasteiger partial charge < -0.3 is 9.88 Å². The third-order valence-electron chi connectivity index (χ3n) is 2.99. The monoisotopic (exact) mass is 251 g/mol. The van der Waals surface area contributed by atoms with Crippen molar-refractivity contribution in [3.8, 4) is 11.3 Å². The van der Waals surface area contributed by atoms with Crippen LogP contribution in [-0.4, -0.2) is 16.6 Å². The van der Waals surface area contributed by atoms with Gasteiger partial charge in [0.2, 0.25) is 0 Å². The fourth-order valence-electron chi connectivity index (χ4n) is 1.89. The van der Waals surface area contributed by atoms with Crippen molar-refractivity contribution in [2.24, 2.45) is 7.05 Å². The van der Waals surface area contributed by atoms with Crippen molar-refractivity contribution < 1.29 is 8.78 Å². The largest absolute Gasteiger partial charge is 0.334 e. The first-order valence-corrected chi connectivity index (χ1v) is 5.66. The number of nitrogens with one attached hydrogen (secondary N) is 1. The van der Waals surface area contributed by atoms with Gasteiger partial charge in [-0.1, -0.05) is 0 Å². The highest BCUT2D eigenvalue weighted by molar-refractivity contribution is 5.63. The molecule has 1 aromatic heterocycles. The van der Waals surface area contributed by atoms with Gasteiger partial charge in [-0.25, -0.2) is 13.8 Å². The minimum Gasteiger partial charge on any atom is -0.334 e. The molecule has 0 aliphatic rings. The topological polar surface area (TPSA) is 29.9 Å². The lowest BCUT2D eigenvalue weighted by Crippen LogP contribution is -2.10. The number of rotatable bonds is 3. The first kappa shape index (κ1) is 12.7. The molecule has 0 bridgehead atoms. The number of halogens is 2. The van der Waals surface area contributed by atoms with Gasteiger partial charge in [0, 0.05) is 18.3 Å². The molecule has 1 heterocycles. The highest BCUT2D eigenvalue weighted by Crippen LogP contribution is 2.26. The summed E-state index contributed by atoms with van der Waals surface area (Å²) in [6.45, 7) is 2.42. The van der Waals surface area contributed by atoms with Crippen LogP contribution < -0.4 is 5.32 Å². The fourth-order valence-corrected chi connectivity index (χ4v) is 1.89. The summed E-state index contributed by atoms with van der Waals surface area (Å²) in [5.41, 5.74) is 1.50. The van der Waals surface area contributed by atoms with Crippen molar-refractivity contribution in [3.05, 3.63) is 41.4 Å². The molecule has 2 aromatic rings. The SMILES string of the molecule is CNCc1nc(-c2cc(F)ccc2F)c(C)n1C. The van der Waals surface area contributed by atoms with Crippen LogP contribution in [0, 0.1) is 18.6 Å². The minimum absolute atomic E-state index is 0.199. The number of hydrogen-bond acceptors (Lipinski definition) is 2. The van der Waals surface area contributed by atoms with E-state index in [1.165, 1.54) is 6.07 Å². The molecule has 0 aliphatic carbocycles. The van der Waals surface area contributed by atoms with E-state index >= 15 is 0 Å². The maximum Gasteiger partial charge on any atom is 0.132 e. The Morgan fingerprint density at radius 1 is 1.33 bits per heavy atom. The van der Waals surface area contributed by atoms with Gasteiger partial charge >= 0.3 is 0 Å². The van der Waals surface area contributed by atoms with Crippen LogP contribution in [0.2, 0.25) is 0 Å². The van der Waals surface area contributed by atoms with Crippen LogP contribution in [0.3, 0.4) is 0 Å². The lowest BCUT2D eigenvalue weighted by atomic mass is 10.1. The number of hydrogen-bond donors (Lipinski definition) is 1. The summed E-state index contributed by atoms with van der Waals surface area (Å²) in [7, 11) is 3.67. The zero-order valence-corrected chi connectivity index (χ0v) is 10.6. The normalized spacial score (nSPS) is 10.9. The van der Waals surface area contributed by atoms with Gasteiger partial charge in [0.1, 0.15) is 17.5 Å². The van der Waals surface area contributed by atoms with Crippen molar-refractivity contribution in [3.63, 3.8) is 0 Å². The maximum absolute atomic E-state index is 13.7. The Kier molecular flexibility index (Phi) is 3.43. The number of benzene rings is 1. The van der Waals surface area contributed by atoms with Gasteiger partial charge in [-0.05, 0) is 32.2 Å². The lowest BCUT2D eigenvalue weighted by molar-refractivity contribution is 0.602. The van der Waals surface area contributed by atoms with E-state index in [1.54, 1.807) is 0 Å². The predicted octanol–water partition coefficient (Wildman–Crippen LogP) is 2.39. The first-order chi connectivity index (χ1) is 8.54. The summed E-state index contributed by atoms with van der Waals surface area (Å²) >= 11 is 0. The molecule has 0 atom stereocenters. The van der Waals surface area contributed by atoms with Crippen molar-refractivity contribution in [1.29, 1.82) is 0 Å². The number of imidazole rings is 1. The van der Waals surface area contributed by atoms with Crippen molar-refractivity contribution in [2.45, 2.75) is 13.5 Å². The van der Waals surface area contributed by atoms with E-state index in [4.69, 9.17) is 0 Å². The molecule has 3 nitrogen and oxygen atoms in total. The third kappa shape index (κ3) is 2.13. The molecular weight excluding hydrogens is 236 g/mol. The van der Waals surface area contributed by atoms with Crippen LogP contribution >= 0.6 is 0 Å². The Hall–Kier alpha value is -1.75. The van der Waals surface area contributed by atoms with E-state index in [1.807, 2.05) is 25.6 Å². The molecule has 0 saturated carbocycles. The van der Waals surface area contributed by atoms with Gasteiger partial charge in [-0.3, -0.25) is 0 Å². The van der Waals surface area contributed by atoms with Crippen LogP contribution in [0.1, 0.15) is 11.5 Å². The van der Waals surface area contributed by atoms with E-state index in [2.05, 4.69) is 10.3 Å². The Labute approximate surface area is 104 Å². The molecule has 0 spiro atoms. The molecule has 96 valence electrons. The van der Waals surface area contributed by atoms with Gasteiger partial charge in [0.05, 0.1) is 12.2 Å². The Balaban J connectivity index is 2.57. The van der Waals surface area contributed by atoms with E-state index in [-0.39, 0.29) is 5.56 Å². The fraction of sp³-hybridized carbons (Fsp3) is 0.308. The standard InChI is InChI=1S/C13H15F2N3/c1-8-13(17-12(7-16-2)18(8)3)10-6-9(14)4-5-11(10)15/h4-6,16H,7H2,1-3H3. The molecular formula is C13H15F2N3. The second-order valence-corrected chi connectivity index (χ2v) is 4.18. The zero-order chi connectivity index (χ0) is 13.3. The highest BCUT2D eigenvalue weighted by Gasteiger charge is 2.16. The Morgan fingerprint density at radius 3 is 2.72 bits per heavy atom. The van der Waals surface area contributed by atoms with Crippen LogP contribution in [0.4, 0.5) is 8.78 Å². The summed E-state index contributed by atoms with van der Waals surface area (Å²) in [6, 6.07) is 3.40. The zero-order valence-electron chi connectivity index (χ0n) is 10.6. The Morgan fingerprint density at radius 2 is 2.06 bits per heavy atom. The van der Waals surface area contributed by atoms with Crippen LogP contribution in [-0.2, 0) is 13.6 Å². The molecule has 0 radical (unpaired) electrons. The van der Waals surface area contributed by atoms with Gasteiger partial charge in [-0.15, -0.1) is 0 Å². The molecule has 0 saturated heterocycles. The number of aromatic nitrogens is 2. The van der Waals surface area contributed by atoms with Crippen LogP contribution in [0.15, 0.2) is 18.2 Å². The Bertz CT molecular complexity index is 576. The van der Waals surface area contributed by atoms with Gasteiger partial charge in [-0.2, -0.15) is 0 Å². The van der Waals surface area contributed by atoms with E-state index in [0.717, 1.165) is 23.7 Å². The van der Waals surface area contributed by atoms with Crippen LogP contribution in [0.5, 0.6) is 0 Å². The summed E-state index contributed by atoms with van der Waals surface area (Å²) < 4.78 is 28.8. The minimum atomic E-state index is -0.466. The second-order valence-electron chi connectivity index (χ2n) is 4.18. The highest BCUT2D eigenvalue weighted by atomic mass is 19.1. The first-order valence-electron chi connectivity index (χ1n) is 5.66. The molecule has 1 N–H and O–H groups in total. The molecule has 0 fully saturated rings. The predicted molar refractivity (Wildman–Crippen MR) is 66.1 cm³/mol. The molecule has 2 rings (SSSR count). The summed E-state index contributed by atoms with van der Waals surface area (Å²) in [4.78, 5) is 4.37. The molecule has 1 aromatic carbocycles. The molecule has 0 amide bonds. The van der Waals surface area contributed by atoms with Gasteiger partial charge in [0.25, 0.3) is 0 Å². The molecule has 18 heavy (non-hydrogen) atoms. The van der Waals surface area contributed by atoms with E-state index in [0.29, 0.717) is 12.2 Å². The average Bonchev–Trinajstić information content (AvgIpc) is 2.61. The van der Waals surface area contributed by atoms with Gasteiger partial charge in [0.15, 0.2) is 0 Å². The summed E-state index contributed by atoms with van der Waals surface area (Å²) in [5, 5.41) is 2.99. The maximum atomic E-state index is 13.7. The van der Waals surface area contributed by atoms with E-state index in [9.17, 15) is 8.78 Å². The van der Waals surface area contributed by atoms with Crippen LogP contribution in [0.25, 0.3) is 11.3 Å². The lowest BCUT2D eigenvalue weighted by Gasteiger charge is -2.02. The summed E-state index contributed by atoms with van der Waals surface area (Å²) in [5.74, 6) is -0.145.